The number of methoxy groups -OCH3 is 1. The molecule has 0 aliphatic heterocycles. The molecule has 0 atom stereocenters. The van der Waals surface area contributed by atoms with E-state index in [1.54, 1.807) is 13.2 Å². The molecule has 0 aliphatic rings. The van der Waals surface area contributed by atoms with E-state index in [2.05, 4.69) is 0 Å². The molecule has 0 radical (unpaired) electrons. The lowest BCUT2D eigenvalue weighted by atomic mass is 10.1. The maximum Gasteiger partial charge on any atom is 0.513 e. The molecule has 4 heteroatoms. The summed E-state index contributed by atoms with van der Waals surface area (Å²) < 4.78 is 14.6. The summed E-state index contributed by atoms with van der Waals surface area (Å²) in [6.45, 7) is 4.42. The topological polar surface area (TPSA) is 44.8 Å². The fourth-order valence-electron chi connectivity index (χ4n) is 1.24. The highest BCUT2D eigenvalue weighted by Crippen LogP contribution is 2.19. The monoisotopic (exact) mass is 224 g/mol. The maximum absolute atomic E-state index is 11.2. The van der Waals surface area contributed by atoms with Crippen molar-refractivity contribution in [2.45, 2.75) is 13.8 Å². The number of hydrogen-bond acceptors (Lipinski definition) is 4. The van der Waals surface area contributed by atoms with Crippen molar-refractivity contribution < 1.29 is 19.0 Å². The van der Waals surface area contributed by atoms with Gasteiger partial charge in [-0.15, -0.1) is 0 Å². The Hall–Kier alpha value is -1.55. The second kappa shape index (κ2) is 6.12. The van der Waals surface area contributed by atoms with Crippen LogP contribution >= 0.6 is 0 Å². The lowest BCUT2D eigenvalue weighted by Crippen LogP contribution is -2.14. The molecule has 0 aliphatic carbocycles. The third-order valence-electron chi connectivity index (χ3n) is 2.03. The number of benzene rings is 1. The van der Waals surface area contributed by atoms with Crippen LogP contribution in [0.3, 0.4) is 0 Å². The van der Waals surface area contributed by atoms with E-state index in [9.17, 15) is 4.79 Å². The zero-order valence-corrected chi connectivity index (χ0v) is 9.78. The number of rotatable bonds is 4. The number of hydrogen-bond donors (Lipinski definition) is 0. The summed E-state index contributed by atoms with van der Waals surface area (Å²) in [7, 11) is 1.54. The molecule has 0 N–H and O–H groups in total. The van der Waals surface area contributed by atoms with Crippen molar-refractivity contribution >= 4 is 6.16 Å². The summed E-state index contributed by atoms with van der Waals surface area (Å²) in [5, 5.41) is 0. The zero-order valence-electron chi connectivity index (χ0n) is 9.78. The van der Waals surface area contributed by atoms with Crippen LogP contribution < -0.4 is 4.74 Å². The van der Waals surface area contributed by atoms with E-state index in [-0.39, 0.29) is 6.61 Å². The van der Waals surface area contributed by atoms with E-state index in [1.807, 2.05) is 26.0 Å². The normalized spacial score (nSPS) is 9.94. The predicted octanol–water partition coefficient (Wildman–Crippen LogP) is 2.47. The summed E-state index contributed by atoms with van der Waals surface area (Å²) in [5.74, 6) is 0.521. The molecule has 1 aromatic rings. The molecular formula is C12H16O4. The van der Waals surface area contributed by atoms with Crippen molar-refractivity contribution in [3.05, 3.63) is 29.3 Å². The first-order chi connectivity index (χ1) is 7.63. The highest BCUT2D eigenvalue weighted by atomic mass is 16.7. The molecule has 0 saturated heterocycles. The third-order valence-corrected chi connectivity index (χ3v) is 2.03. The van der Waals surface area contributed by atoms with Gasteiger partial charge in [-0.1, -0.05) is 17.7 Å². The van der Waals surface area contributed by atoms with Crippen molar-refractivity contribution in [2.75, 3.05) is 20.3 Å². The second-order valence-corrected chi connectivity index (χ2v) is 3.46. The van der Waals surface area contributed by atoms with Crippen LogP contribution in [-0.2, 0) is 9.47 Å². The minimum atomic E-state index is -0.705. The fraction of sp³-hybridized carbons (Fsp3) is 0.417. The number of carbonyl (C=O) groups is 1. The van der Waals surface area contributed by atoms with Crippen LogP contribution in [0, 0.1) is 13.8 Å². The molecule has 88 valence electrons. The van der Waals surface area contributed by atoms with Gasteiger partial charge in [-0.25, -0.2) is 4.79 Å². The van der Waals surface area contributed by atoms with Gasteiger partial charge < -0.3 is 14.2 Å². The van der Waals surface area contributed by atoms with Crippen molar-refractivity contribution in [1.29, 1.82) is 0 Å². The summed E-state index contributed by atoms with van der Waals surface area (Å²) in [4.78, 5) is 11.2. The van der Waals surface area contributed by atoms with Crippen molar-refractivity contribution in [3.63, 3.8) is 0 Å². The summed E-state index contributed by atoms with van der Waals surface area (Å²) in [5.41, 5.74) is 2.03. The highest BCUT2D eigenvalue weighted by molar-refractivity contribution is 5.64. The first kappa shape index (κ1) is 12.5. The lowest BCUT2D eigenvalue weighted by molar-refractivity contribution is 0.0684. The van der Waals surface area contributed by atoms with Gasteiger partial charge in [0.25, 0.3) is 0 Å². The van der Waals surface area contributed by atoms with E-state index in [4.69, 9.17) is 14.2 Å². The smallest absolute Gasteiger partial charge is 0.432 e. The highest BCUT2D eigenvalue weighted by Gasteiger charge is 2.07. The van der Waals surface area contributed by atoms with E-state index in [0.29, 0.717) is 12.4 Å². The number of ether oxygens (including phenoxy) is 3. The Kier molecular flexibility index (Phi) is 4.79. The molecule has 16 heavy (non-hydrogen) atoms. The molecule has 4 nitrogen and oxygen atoms in total. The van der Waals surface area contributed by atoms with Gasteiger partial charge in [-0.2, -0.15) is 0 Å². The van der Waals surface area contributed by atoms with Crippen LogP contribution in [0.25, 0.3) is 0 Å². The number of aryl methyl sites for hydroxylation is 2. The maximum atomic E-state index is 11.2. The minimum absolute atomic E-state index is 0.195. The van der Waals surface area contributed by atoms with Crippen LogP contribution in [0.4, 0.5) is 4.79 Å². The zero-order chi connectivity index (χ0) is 12.0. The summed E-state index contributed by atoms with van der Waals surface area (Å²) in [6, 6.07) is 5.57. The molecule has 0 amide bonds. The Balaban J connectivity index is 2.49. The summed E-state index contributed by atoms with van der Waals surface area (Å²) >= 11 is 0. The van der Waals surface area contributed by atoms with Crippen molar-refractivity contribution in [3.8, 4) is 5.75 Å². The Morgan fingerprint density at radius 2 is 2.00 bits per heavy atom. The van der Waals surface area contributed by atoms with Crippen LogP contribution in [0.5, 0.6) is 5.75 Å². The molecule has 0 fully saturated rings. The van der Waals surface area contributed by atoms with Gasteiger partial charge in [0.1, 0.15) is 12.4 Å². The van der Waals surface area contributed by atoms with Gasteiger partial charge in [0.15, 0.2) is 0 Å². The van der Waals surface area contributed by atoms with Gasteiger partial charge in [0.2, 0.25) is 0 Å². The molecule has 0 spiro atoms. The molecule has 1 aromatic carbocycles. The van der Waals surface area contributed by atoms with Crippen LogP contribution in [0.15, 0.2) is 18.2 Å². The SMILES string of the molecule is COCCOC(=O)Oc1ccc(C)cc1C. The van der Waals surface area contributed by atoms with Gasteiger partial charge in [-0.3, -0.25) is 0 Å². The first-order valence-corrected chi connectivity index (χ1v) is 5.04. The predicted molar refractivity (Wildman–Crippen MR) is 59.8 cm³/mol. The Morgan fingerprint density at radius 3 is 2.62 bits per heavy atom. The van der Waals surface area contributed by atoms with Gasteiger partial charge in [0.05, 0.1) is 6.61 Å². The van der Waals surface area contributed by atoms with Crippen LogP contribution in [0.1, 0.15) is 11.1 Å². The van der Waals surface area contributed by atoms with E-state index in [0.717, 1.165) is 11.1 Å². The lowest BCUT2D eigenvalue weighted by Gasteiger charge is -2.08. The Bertz CT molecular complexity index is 360. The first-order valence-electron chi connectivity index (χ1n) is 5.04. The van der Waals surface area contributed by atoms with Gasteiger partial charge >= 0.3 is 6.16 Å². The molecule has 0 bridgehead atoms. The Morgan fingerprint density at radius 1 is 1.25 bits per heavy atom. The van der Waals surface area contributed by atoms with Gasteiger partial charge in [0, 0.05) is 7.11 Å². The minimum Gasteiger partial charge on any atom is -0.432 e. The van der Waals surface area contributed by atoms with E-state index < -0.39 is 6.16 Å². The van der Waals surface area contributed by atoms with Crippen LogP contribution in [-0.4, -0.2) is 26.5 Å². The average molecular weight is 224 g/mol. The third kappa shape index (κ3) is 3.90. The summed E-state index contributed by atoms with van der Waals surface area (Å²) in [6.07, 6.45) is -0.705. The molecule has 0 unspecified atom stereocenters. The number of carbonyl (C=O) groups excluding carboxylic acids is 1. The molecule has 1 rings (SSSR count). The fourth-order valence-corrected chi connectivity index (χ4v) is 1.24. The van der Waals surface area contributed by atoms with E-state index in [1.165, 1.54) is 0 Å². The second-order valence-electron chi connectivity index (χ2n) is 3.46. The standard InChI is InChI=1S/C12H16O4/c1-9-4-5-11(10(2)8-9)16-12(13)15-7-6-14-3/h4-5,8H,6-7H2,1-3H3. The van der Waals surface area contributed by atoms with Gasteiger partial charge in [-0.05, 0) is 25.5 Å². The van der Waals surface area contributed by atoms with Crippen molar-refractivity contribution in [1.82, 2.24) is 0 Å². The quantitative estimate of drug-likeness (QED) is 0.447. The van der Waals surface area contributed by atoms with Crippen LogP contribution in [0.2, 0.25) is 0 Å². The average Bonchev–Trinajstić information content (AvgIpc) is 2.23. The molecule has 0 aromatic heterocycles. The van der Waals surface area contributed by atoms with E-state index >= 15 is 0 Å². The molecule has 0 saturated carbocycles. The molecule has 0 heterocycles. The van der Waals surface area contributed by atoms with Crippen molar-refractivity contribution in [2.24, 2.45) is 0 Å². The Labute approximate surface area is 95.1 Å². The largest absolute Gasteiger partial charge is 0.513 e. The molecular weight excluding hydrogens is 208 g/mol.